The molecule has 3 fully saturated rings. The van der Waals surface area contributed by atoms with E-state index in [0.29, 0.717) is 38.2 Å². The van der Waals surface area contributed by atoms with Crippen molar-refractivity contribution in [2.75, 3.05) is 0 Å². The molecular weight excluding hydrogens is 538 g/mol. The zero-order valence-corrected chi connectivity index (χ0v) is 21.8. The highest BCUT2D eigenvalue weighted by molar-refractivity contribution is 9.10. The smallest absolute Gasteiger partial charge is 0.248 e. The molecule has 0 bridgehead atoms. The van der Waals surface area contributed by atoms with Crippen molar-refractivity contribution in [2.24, 2.45) is 0 Å². The van der Waals surface area contributed by atoms with E-state index < -0.39 is 11.5 Å². The molecule has 35 heavy (non-hydrogen) atoms. The molecule has 2 heterocycles. The molecule has 0 spiro atoms. The van der Waals surface area contributed by atoms with Crippen LogP contribution in [0.3, 0.4) is 0 Å². The number of rotatable bonds is 6. The SMILES string of the molecule is O[C@]1(c2nc3ccc(Br)cc3s2)CC[C@H](OCc2c(C3CCC(F)(F)CC3)noc2C2CC2)CC1. The lowest BCUT2D eigenvalue weighted by Crippen LogP contribution is -2.34. The van der Waals surface area contributed by atoms with Crippen molar-refractivity contribution in [1.29, 1.82) is 0 Å². The van der Waals surface area contributed by atoms with E-state index >= 15 is 0 Å². The second kappa shape index (κ2) is 9.15. The number of ether oxygens (including phenoxy) is 1. The number of halogens is 3. The molecule has 9 heteroatoms. The van der Waals surface area contributed by atoms with Gasteiger partial charge in [-0.2, -0.15) is 0 Å². The van der Waals surface area contributed by atoms with Gasteiger partial charge >= 0.3 is 0 Å². The highest BCUT2D eigenvalue weighted by Crippen LogP contribution is 2.47. The number of nitrogens with zero attached hydrogens (tertiary/aromatic N) is 2. The number of hydrogen-bond acceptors (Lipinski definition) is 6. The summed E-state index contributed by atoms with van der Waals surface area (Å²) in [4.78, 5) is 4.71. The average Bonchev–Trinajstić information content (AvgIpc) is 3.44. The first-order chi connectivity index (χ1) is 16.8. The molecule has 5 nitrogen and oxygen atoms in total. The summed E-state index contributed by atoms with van der Waals surface area (Å²) in [5, 5.41) is 16.5. The highest BCUT2D eigenvalue weighted by Gasteiger charge is 2.41. The van der Waals surface area contributed by atoms with Gasteiger partial charge in [-0.15, -0.1) is 11.3 Å². The van der Waals surface area contributed by atoms with Crippen molar-refractivity contribution < 1.29 is 23.1 Å². The van der Waals surface area contributed by atoms with Crippen molar-refractivity contribution in [3.63, 3.8) is 0 Å². The molecule has 2 aromatic heterocycles. The number of alkyl halides is 2. The lowest BCUT2D eigenvalue weighted by Gasteiger charge is -2.34. The summed E-state index contributed by atoms with van der Waals surface area (Å²) in [5.74, 6) is -1.27. The Bertz CT molecular complexity index is 1210. The molecule has 0 atom stereocenters. The summed E-state index contributed by atoms with van der Waals surface area (Å²) in [6, 6.07) is 5.98. The minimum absolute atomic E-state index is 0.0139. The van der Waals surface area contributed by atoms with Gasteiger partial charge in [-0.3, -0.25) is 0 Å². The predicted octanol–water partition coefficient (Wildman–Crippen LogP) is 7.56. The van der Waals surface area contributed by atoms with E-state index in [1.807, 2.05) is 18.2 Å². The van der Waals surface area contributed by atoms with E-state index in [4.69, 9.17) is 14.2 Å². The largest absolute Gasteiger partial charge is 0.383 e. The van der Waals surface area contributed by atoms with Gasteiger partial charge in [0.2, 0.25) is 5.92 Å². The zero-order valence-electron chi connectivity index (χ0n) is 19.4. The fourth-order valence-electron chi connectivity index (χ4n) is 5.53. The first kappa shape index (κ1) is 23.9. The first-order valence-corrected chi connectivity index (χ1v) is 14.2. The van der Waals surface area contributed by atoms with Crippen molar-refractivity contribution in [3.8, 4) is 0 Å². The Morgan fingerprint density at radius 2 is 1.80 bits per heavy atom. The van der Waals surface area contributed by atoms with Crippen LogP contribution in [0.1, 0.15) is 98.1 Å². The number of aliphatic hydroxyl groups is 1. The highest BCUT2D eigenvalue weighted by atomic mass is 79.9. The Labute approximate surface area is 215 Å². The van der Waals surface area contributed by atoms with Crippen LogP contribution < -0.4 is 0 Å². The second-order valence-corrected chi connectivity index (χ2v) is 12.4. The summed E-state index contributed by atoms with van der Waals surface area (Å²) >= 11 is 5.05. The molecule has 188 valence electrons. The van der Waals surface area contributed by atoms with Crippen LogP contribution in [0.4, 0.5) is 8.78 Å². The fourth-order valence-corrected chi connectivity index (χ4v) is 7.19. The van der Waals surface area contributed by atoms with E-state index in [9.17, 15) is 13.9 Å². The maximum atomic E-state index is 13.7. The van der Waals surface area contributed by atoms with Gasteiger partial charge in [-0.05, 0) is 69.6 Å². The number of fused-ring (bicyclic) bond motifs is 1. The summed E-state index contributed by atoms with van der Waals surface area (Å²) in [5.41, 5.74) is 1.80. The van der Waals surface area contributed by atoms with Crippen LogP contribution in [0.5, 0.6) is 0 Å². The molecule has 3 aliphatic carbocycles. The van der Waals surface area contributed by atoms with E-state index in [2.05, 4.69) is 21.1 Å². The van der Waals surface area contributed by atoms with E-state index in [1.165, 1.54) is 0 Å². The number of aromatic nitrogens is 2. The van der Waals surface area contributed by atoms with E-state index in [0.717, 1.165) is 62.4 Å². The monoisotopic (exact) mass is 566 g/mol. The van der Waals surface area contributed by atoms with E-state index in [1.54, 1.807) is 11.3 Å². The lowest BCUT2D eigenvalue weighted by atomic mass is 9.83. The van der Waals surface area contributed by atoms with Crippen LogP contribution in [0.25, 0.3) is 10.2 Å². The van der Waals surface area contributed by atoms with Crippen LogP contribution in [0.15, 0.2) is 27.2 Å². The number of benzene rings is 1. The standard InChI is InChI=1S/C26H29BrF2N2O3S/c27-17-3-4-20-21(13-17)35-24(30-20)25(32)9-7-18(8-10-25)33-14-19-22(31-34-23(19)16-1-2-16)15-5-11-26(28,29)12-6-15/h3-4,13,15-16,18,32H,1-2,5-12,14H2/t18-,25+. The summed E-state index contributed by atoms with van der Waals surface area (Å²) in [6.45, 7) is 0.399. The minimum atomic E-state index is -2.56. The average molecular weight is 567 g/mol. The molecule has 3 aliphatic rings. The lowest BCUT2D eigenvalue weighted by molar-refractivity contribution is -0.0644. The number of thiazole rings is 1. The quantitative estimate of drug-likeness (QED) is 0.333. The molecular formula is C26H29BrF2N2O3S. The van der Waals surface area contributed by atoms with Crippen LogP contribution in [0.2, 0.25) is 0 Å². The Morgan fingerprint density at radius 1 is 1.06 bits per heavy atom. The van der Waals surface area contributed by atoms with Crippen LogP contribution in [0, 0.1) is 0 Å². The predicted molar refractivity (Wildman–Crippen MR) is 133 cm³/mol. The summed E-state index contributed by atoms with van der Waals surface area (Å²) in [6.07, 6.45) is 5.57. The molecule has 1 N–H and O–H groups in total. The summed E-state index contributed by atoms with van der Waals surface area (Å²) < 4.78 is 41.5. The normalized spacial score (nSPS) is 27.5. The Hall–Kier alpha value is -1.42. The van der Waals surface area contributed by atoms with Crippen molar-refractivity contribution in [3.05, 3.63) is 44.7 Å². The summed E-state index contributed by atoms with van der Waals surface area (Å²) in [7, 11) is 0. The Balaban J connectivity index is 1.11. The van der Waals surface area contributed by atoms with Crippen LogP contribution in [-0.2, 0) is 16.9 Å². The minimum Gasteiger partial charge on any atom is -0.383 e. The topological polar surface area (TPSA) is 68.4 Å². The number of hydrogen-bond donors (Lipinski definition) is 1. The van der Waals surface area contributed by atoms with Gasteiger partial charge < -0.3 is 14.4 Å². The third-order valence-corrected chi connectivity index (χ3v) is 9.58. The Kier molecular flexibility index (Phi) is 6.26. The maximum absolute atomic E-state index is 13.7. The molecule has 3 saturated carbocycles. The van der Waals surface area contributed by atoms with Gasteiger partial charge in [0.1, 0.15) is 16.4 Å². The molecule has 0 amide bonds. The van der Waals surface area contributed by atoms with Crippen LogP contribution in [-0.4, -0.2) is 27.3 Å². The Morgan fingerprint density at radius 3 is 2.51 bits per heavy atom. The molecule has 0 radical (unpaired) electrons. The van der Waals surface area contributed by atoms with Crippen molar-refractivity contribution in [2.45, 2.75) is 100 Å². The van der Waals surface area contributed by atoms with Gasteiger partial charge in [0.05, 0.1) is 28.6 Å². The molecule has 1 aromatic carbocycles. The molecule has 0 saturated heterocycles. The third kappa shape index (κ3) is 4.93. The second-order valence-electron chi connectivity index (χ2n) is 10.5. The molecule has 0 aliphatic heterocycles. The zero-order chi connectivity index (χ0) is 24.2. The van der Waals surface area contributed by atoms with Gasteiger partial charge in [0.15, 0.2) is 0 Å². The van der Waals surface area contributed by atoms with Gasteiger partial charge in [0.25, 0.3) is 0 Å². The fraction of sp³-hybridized carbons (Fsp3) is 0.615. The molecule has 6 rings (SSSR count). The van der Waals surface area contributed by atoms with Crippen LogP contribution >= 0.6 is 27.3 Å². The third-order valence-electron chi connectivity index (χ3n) is 7.87. The van der Waals surface area contributed by atoms with Gasteiger partial charge in [0, 0.05) is 34.7 Å². The van der Waals surface area contributed by atoms with Gasteiger partial charge in [-0.1, -0.05) is 21.1 Å². The van der Waals surface area contributed by atoms with E-state index in [-0.39, 0.29) is 24.9 Å². The first-order valence-electron chi connectivity index (χ1n) is 12.6. The van der Waals surface area contributed by atoms with Crippen molar-refractivity contribution >= 4 is 37.5 Å². The van der Waals surface area contributed by atoms with Gasteiger partial charge in [-0.25, -0.2) is 13.8 Å². The molecule has 3 aromatic rings. The van der Waals surface area contributed by atoms with Crippen molar-refractivity contribution in [1.82, 2.24) is 10.1 Å². The maximum Gasteiger partial charge on any atom is 0.248 e. The molecule has 0 unspecified atom stereocenters.